The number of hydrogen-bond acceptors (Lipinski definition) is 3. The zero-order valence-electron chi connectivity index (χ0n) is 9.16. The second kappa shape index (κ2) is 5.84. The van der Waals surface area contributed by atoms with Crippen LogP contribution >= 0.6 is 0 Å². The third-order valence-electron chi connectivity index (χ3n) is 1.81. The van der Waals surface area contributed by atoms with Gasteiger partial charge in [-0.25, -0.2) is 4.79 Å². The van der Waals surface area contributed by atoms with Crippen molar-refractivity contribution in [3.05, 3.63) is 0 Å². The normalized spacial score (nSPS) is 11.1. The molecule has 0 rings (SSSR count). The Labute approximate surface area is 80.4 Å². The molecule has 0 heterocycles. The molecular weight excluding hydrogens is 168 g/mol. The van der Waals surface area contributed by atoms with Gasteiger partial charge in [0.1, 0.15) is 6.10 Å². The predicted molar refractivity (Wildman–Crippen MR) is 51.6 cm³/mol. The zero-order chi connectivity index (χ0) is 10.4. The van der Waals surface area contributed by atoms with Crippen LogP contribution < -0.4 is 0 Å². The van der Waals surface area contributed by atoms with Crippen LogP contribution in [0, 0.1) is 11.8 Å². The minimum absolute atomic E-state index is 0.0564. The minimum atomic E-state index is -0.560. The third-order valence-corrected chi connectivity index (χ3v) is 1.81. The number of carbonyl (C=O) groups is 1. The molecule has 0 aromatic rings. The van der Waals surface area contributed by atoms with Gasteiger partial charge in [0.15, 0.2) is 0 Å². The lowest BCUT2D eigenvalue weighted by atomic mass is 9.96. The SMILES string of the molecule is CCOC(=O)OC(C(C)C)C(C)C. The second-order valence-electron chi connectivity index (χ2n) is 3.75. The molecule has 0 fully saturated rings. The van der Waals surface area contributed by atoms with Gasteiger partial charge in [0.25, 0.3) is 0 Å². The molecule has 0 atom stereocenters. The minimum Gasteiger partial charge on any atom is -0.435 e. The molecule has 0 saturated heterocycles. The van der Waals surface area contributed by atoms with E-state index in [1.54, 1.807) is 6.92 Å². The van der Waals surface area contributed by atoms with Crippen molar-refractivity contribution in [1.29, 1.82) is 0 Å². The molecule has 0 bridgehead atoms. The van der Waals surface area contributed by atoms with E-state index in [-0.39, 0.29) is 6.10 Å². The van der Waals surface area contributed by atoms with Crippen LogP contribution in [0.3, 0.4) is 0 Å². The molecule has 0 aliphatic rings. The van der Waals surface area contributed by atoms with Crippen molar-refractivity contribution >= 4 is 6.16 Å². The van der Waals surface area contributed by atoms with Gasteiger partial charge in [-0.1, -0.05) is 27.7 Å². The van der Waals surface area contributed by atoms with E-state index in [1.807, 2.05) is 27.7 Å². The first kappa shape index (κ1) is 12.3. The summed E-state index contributed by atoms with van der Waals surface area (Å²) in [5, 5.41) is 0. The topological polar surface area (TPSA) is 35.5 Å². The lowest BCUT2D eigenvalue weighted by molar-refractivity contribution is -0.00851. The van der Waals surface area contributed by atoms with Crippen molar-refractivity contribution in [1.82, 2.24) is 0 Å². The molecule has 0 spiro atoms. The van der Waals surface area contributed by atoms with E-state index < -0.39 is 6.16 Å². The van der Waals surface area contributed by atoms with Crippen LogP contribution in [-0.2, 0) is 9.47 Å². The molecule has 3 nitrogen and oxygen atoms in total. The summed E-state index contributed by atoms with van der Waals surface area (Å²) in [6, 6.07) is 0. The predicted octanol–water partition coefficient (Wildman–Crippen LogP) is 2.84. The Kier molecular flexibility index (Phi) is 5.51. The molecule has 3 heteroatoms. The summed E-state index contributed by atoms with van der Waals surface area (Å²) in [6.07, 6.45) is -0.617. The van der Waals surface area contributed by atoms with Crippen molar-refractivity contribution in [3.8, 4) is 0 Å². The second-order valence-corrected chi connectivity index (χ2v) is 3.75. The maximum Gasteiger partial charge on any atom is 0.508 e. The van der Waals surface area contributed by atoms with Gasteiger partial charge in [-0.3, -0.25) is 0 Å². The van der Waals surface area contributed by atoms with Crippen LogP contribution in [0.5, 0.6) is 0 Å². The maximum absolute atomic E-state index is 11.0. The lowest BCUT2D eigenvalue weighted by Gasteiger charge is -2.24. The van der Waals surface area contributed by atoms with Crippen molar-refractivity contribution < 1.29 is 14.3 Å². The Morgan fingerprint density at radius 2 is 1.62 bits per heavy atom. The Bertz CT molecular complexity index is 144. The van der Waals surface area contributed by atoms with Crippen LogP contribution in [0.4, 0.5) is 4.79 Å². The smallest absolute Gasteiger partial charge is 0.435 e. The Morgan fingerprint density at radius 1 is 1.15 bits per heavy atom. The summed E-state index contributed by atoms with van der Waals surface area (Å²) in [5.41, 5.74) is 0. The van der Waals surface area contributed by atoms with Crippen LogP contribution in [0.1, 0.15) is 34.6 Å². The number of hydrogen-bond donors (Lipinski definition) is 0. The van der Waals surface area contributed by atoms with Gasteiger partial charge in [0.2, 0.25) is 0 Å². The molecule has 0 aromatic carbocycles. The highest BCUT2D eigenvalue weighted by Crippen LogP contribution is 2.16. The fourth-order valence-electron chi connectivity index (χ4n) is 1.30. The quantitative estimate of drug-likeness (QED) is 0.636. The first-order valence-electron chi connectivity index (χ1n) is 4.82. The molecule has 0 aliphatic heterocycles. The zero-order valence-corrected chi connectivity index (χ0v) is 9.16. The summed E-state index contributed by atoms with van der Waals surface area (Å²) in [7, 11) is 0. The Balaban J connectivity index is 4.02. The average molecular weight is 188 g/mol. The molecule has 0 radical (unpaired) electrons. The van der Waals surface area contributed by atoms with Crippen molar-refractivity contribution in [3.63, 3.8) is 0 Å². The molecule has 0 aliphatic carbocycles. The van der Waals surface area contributed by atoms with Crippen molar-refractivity contribution in [2.45, 2.75) is 40.7 Å². The fourth-order valence-corrected chi connectivity index (χ4v) is 1.30. The molecule has 78 valence electrons. The molecule has 0 unspecified atom stereocenters. The largest absolute Gasteiger partial charge is 0.508 e. The first-order chi connectivity index (χ1) is 5.99. The van der Waals surface area contributed by atoms with Gasteiger partial charge in [-0.15, -0.1) is 0 Å². The molecule has 0 aromatic heterocycles. The number of rotatable bonds is 4. The highest BCUT2D eigenvalue weighted by molar-refractivity contribution is 5.60. The van der Waals surface area contributed by atoms with E-state index in [4.69, 9.17) is 9.47 Å². The highest BCUT2D eigenvalue weighted by atomic mass is 16.7. The lowest BCUT2D eigenvalue weighted by Crippen LogP contribution is -2.29. The van der Waals surface area contributed by atoms with Gasteiger partial charge in [-0.05, 0) is 18.8 Å². The fraction of sp³-hybridized carbons (Fsp3) is 0.900. The first-order valence-corrected chi connectivity index (χ1v) is 4.82. The Morgan fingerprint density at radius 3 is 1.92 bits per heavy atom. The van der Waals surface area contributed by atoms with Crippen molar-refractivity contribution in [2.75, 3.05) is 6.61 Å². The van der Waals surface area contributed by atoms with Crippen LogP contribution in [0.2, 0.25) is 0 Å². The monoisotopic (exact) mass is 188 g/mol. The van der Waals surface area contributed by atoms with E-state index >= 15 is 0 Å². The van der Waals surface area contributed by atoms with E-state index in [2.05, 4.69) is 0 Å². The summed E-state index contributed by atoms with van der Waals surface area (Å²) < 4.78 is 9.86. The summed E-state index contributed by atoms with van der Waals surface area (Å²) in [5.74, 6) is 0.647. The molecule has 13 heavy (non-hydrogen) atoms. The van der Waals surface area contributed by atoms with Gasteiger partial charge in [0.05, 0.1) is 6.61 Å². The molecule has 0 saturated carbocycles. The molecule has 0 N–H and O–H groups in total. The third kappa shape index (κ3) is 4.76. The highest BCUT2D eigenvalue weighted by Gasteiger charge is 2.22. The van der Waals surface area contributed by atoms with E-state index in [0.717, 1.165) is 0 Å². The average Bonchev–Trinajstić information content (AvgIpc) is 1.99. The van der Waals surface area contributed by atoms with Gasteiger partial charge in [-0.2, -0.15) is 0 Å². The van der Waals surface area contributed by atoms with Gasteiger partial charge in [0, 0.05) is 0 Å². The van der Waals surface area contributed by atoms with E-state index in [0.29, 0.717) is 18.4 Å². The number of carbonyl (C=O) groups excluding carboxylic acids is 1. The molecular formula is C10H20O3. The molecule has 0 amide bonds. The van der Waals surface area contributed by atoms with E-state index in [9.17, 15) is 4.79 Å². The van der Waals surface area contributed by atoms with Crippen molar-refractivity contribution in [2.24, 2.45) is 11.8 Å². The number of ether oxygens (including phenoxy) is 2. The standard InChI is InChI=1S/C10H20O3/c1-6-12-10(11)13-9(7(2)3)8(4)5/h7-9H,6H2,1-5H3. The van der Waals surface area contributed by atoms with Crippen LogP contribution in [0.25, 0.3) is 0 Å². The van der Waals surface area contributed by atoms with E-state index in [1.165, 1.54) is 0 Å². The summed E-state index contributed by atoms with van der Waals surface area (Å²) in [4.78, 5) is 11.0. The Hall–Kier alpha value is -0.730. The summed E-state index contributed by atoms with van der Waals surface area (Å²) in [6.45, 7) is 10.3. The van der Waals surface area contributed by atoms with Gasteiger partial charge < -0.3 is 9.47 Å². The van der Waals surface area contributed by atoms with Crippen LogP contribution in [0.15, 0.2) is 0 Å². The summed E-state index contributed by atoms with van der Waals surface area (Å²) >= 11 is 0. The van der Waals surface area contributed by atoms with Crippen LogP contribution in [-0.4, -0.2) is 18.9 Å². The maximum atomic E-state index is 11.0. The van der Waals surface area contributed by atoms with Gasteiger partial charge >= 0.3 is 6.16 Å².